The standard InChI is InChI=1S/C12H22N2O5S2/c1-2-14(9-4-6-21(18,19)8-9)11(15)7-20-5-3-10(13)12(16)17/h9-10H,2-8,13H2,1H3,(H,16,17). The molecular weight excluding hydrogens is 316 g/mol. The number of carbonyl (C=O) groups excluding carboxylic acids is 1. The fourth-order valence-corrected chi connectivity index (χ4v) is 4.87. The Kier molecular flexibility index (Phi) is 6.95. The van der Waals surface area contributed by atoms with Crippen molar-refractivity contribution in [3.63, 3.8) is 0 Å². The summed E-state index contributed by atoms with van der Waals surface area (Å²) in [7, 11) is -3.01. The summed E-state index contributed by atoms with van der Waals surface area (Å²) in [6.45, 7) is 2.31. The van der Waals surface area contributed by atoms with E-state index < -0.39 is 21.8 Å². The van der Waals surface area contributed by atoms with Crippen LogP contribution in [0.15, 0.2) is 0 Å². The van der Waals surface area contributed by atoms with E-state index in [9.17, 15) is 18.0 Å². The lowest BCUT2D eigenvalue weighted by molar-refractivity contribution is -0.138. The van der Waals surface area contributed by atoms with Crippen LogP contribution in [0.25, 0.3) is 0 Å². The van der Waals surface area contributed by atoms with Crippen molar-refractivity contribution in [1.82, 2.24) is 4.90 Å². The Morgan fingerprint density at radius 1 is 1.48 bits per heavy atom. The Labute approximate surface area is 129 Å². The number of sulfone groups is 1. The van der Waals surface area contributed by atoms with Crippen LogP contribution in [0.1, 0.15) is 19.8 Å². The highest BCUT2D eigenvalue weighted by molar-refractivity contribution is 7.99. The van der Waals surface area contributed by atoms with Gasteiger partial charge in [0.2, 0.25) is 5.91 Å². The summed E-state index contributed by atoms with van der Waals surface area (Å²) in [5.41, 5.74) is 5.37. The van der Waals surface area contributed by atoms with E-state index in [1.54, 1.807) is 4.90 Å². The third kappa shape index (κ3) is 5.84. The van der Waals surface area contributed by atoms with E-state index in [0.29, 0.717) is 25.1 Å². The zero-order chi connectivity index (χ0) is 16.0. The van der Waals surface area contributed by atoms with Crippen molar-refractivity contribution in [2.24, 2.45) is 5.73 Å². The molecule has 0 aliphatic carbocycles. The molecule has 0 aromatic rings. The van der Waals surface area contributed by atoms with Crippen LogP contribution in [0.2, 0.25) is 0 Å². The average Bonchev–Trinajstić information content (AvgIpc) is 2.75. The maximum absolute atomic E-state index is 12.1. The first-order valence-corrected chi connectivity index (χ1v) is 9.80. The van der Waals surface area contributed by atoms with E-state index in [1.165, 1.54) is 11.8 Å². The second kappa shape index (κ2) is 8.00. The maximum Gasteiger partial charge on any atom is 0.320 e. The van der Waals surface area contributed by atoms with Crippen molar-refractivity contribution in [3.8, 4) is 0 Å². The van der Waals surface area contributed by atoms with Gasteiger partial charge in [-0.25, -0.2) is 8.42 Å². The molecule has 0 aromatic carbocycles. The first-order chi connectivity index (χ1) is 9.76. The number of nitrogens with two attached hydrogens (primary N) is 1. The monoisotopic (exact) mass is 338 g/mol. The Morgan fingerprint density at radius 2 is 2.14 bits per heavy atom. The largest absolute Gasteiger partial charge is 0.480 e. The lowest BCUT2D eigenvalue weighted by Gasteiger charge is -2.26. The van der Waals surface area contributed by atoms with Crippen LogP contribution in [-0.2, 0) is 19.4 Å². The topological polar surface area (TPSA) is 118 Å². The van der Waals surface area contributed by atoms with Crippen LogP contribution < -0.4 is 5.73 Å². The van der Waals surface area contributed by atoms with Crippen LogP contribution >= 0.6 is 11.8 Å². The van der Waals surface area contributed by atoms with Gasteiger partial charge in [0.25, 0.3) is 0 Å². The molecule has 21 heavy (non-hydrogen) atoms. The smallest absolute Gasteiger partial charge is 0.320 e. The molecule has 0 bridgehead atoms. The molecular formula is C12H22N2O5S2. The van der Waals surface area contributed by atoms with Crippen LogP contribution in [0.3, 0.4) is 0 Å². The second-order valence-electron chi connectivity index (χ2n) is 5.02. The Morgan fingerprint density at radius 3 is 2.62 bits per heavy atom. The molecule has 122 valence electrons. The molecule has 2 unspecified atom stereocenters. The third-order valence-electron chi connectivity index (χ3n) is 3.43. The van der Waals surface area contributed by atoms with Gasteiger partial charge in [-0.05, 0) is 25.5 Å². The quantitative estimate of drug-likeness (QED) is 0.576. The van der Waals surface area contributed by atoms with E-state index in [1.807, 2.05) is 6.92 Å². The summed E-state index contributed by atoms with van der Waals surface area (Å²) < 4.78 is 22.9. The molecule has 1 amide bonds. The predicted octanol–water partition coefficient (Wildman–Crippen LogP) is -0.443. The molecule has 9 heteroatoms. The Hall–Kier alpha value is -0.800. The van der Waals surface area contributed by atoms with Gasteiger partial charge in [0, 0.05) is 12.6 Å². The minimum Gasteiger partial charge on any atom is -0.480 e. The van der Waals surface area contributed by atoms with Gasteiger partial charge in [-0.15, -0.1) is 0 Å². The number of carboxylic acids is 1. The number of carboxylic acid groups (broad SMARTS) is 1. The number of nitrogens with zero attached hydrogens (tertiary/aromatic N) is 1. The highest BCUT2D eigenvalue weighted by Crippen LogP contribution is 2.19. The molecule has 2 atom stereocenters. The van der Waals surface area contributed by atoms with Crippen LogP contribution in [0.5, 0.6) is 0 Å². The van der Waals surface area contributed by atoms with Crippen molar-refractivity contribution in [2.45, 2.75) is 31.8 Å². The van der Waals surface area contributed by atoms with Crippen LogP contribution in [0.4, 0.5) is 0 Å². The molecule has 1 aliphatic heterocycles. The summed E-state index contributed by atoms with van der Waals surface area (Å²) in [4.78, 5) is 24.3. The normalized spacial score (nSPS) is 21.9. The minimum atomic E-state index is -3.01. The number of thioether (sulfide) groups is 1. The van der Waals surface area contributed by atoms with Gasteiger partial charge in [0.1, 0.15) is 6.04 Å². The molecule has 0 saturated carbocycles. The highest BCUT2D eigenvalue weighted by Gasteiger charge is 2.33. The molecule has 1 aliphatic rings. The molecule has 7 nitrogen and oxygen atoms in total. The van der Waals surface area contributed by atoms with E-state index in [-0.39, 0.29) is 29.2 Å². The number of hydrogen-bond donors (Lipinski definition) is 2. The number of amides is 1. The van der Waals surface area contributed by atoms with Gasteiger partial charge in [0.05, 0.1) is 17.3 Å². The van der Waals surface area contributed by atoms with Crippen LogP contribution in [0, 0.1) is 0 Å². The second-order valence-corrected chi connectivity index (χ2v) is 8.36. The summed E-state index contributed by atoms with van der Waals surface area (Å²) in [6, 6.07) is -1.13. The van der Waals surface area contributed by atoms with E-state index >= 15 is 0 Å². The number of aliphatic carboxylic acids is 1. The van der Waals surface area contributed by atoms with E-state index in [2.05, 4.69) is 0 Å². The first-order valence-electron chi connectivity index (χ1n) is 6.83. The van der Waals surface area contributed by atoms with Crippen molar-refractivity contribution < 1.29 is 23.1 Å². The fraction of sp³-hybridized carbons (Fsp3) is 0.833. The molecule has 1 fully saturated rings. The van der Waals surface area contributed by atoms with E-state index in [0.717, 1.165) is 0 Å². The highest BCUT2D eigenvalue weighted by atomic mass is 32.2. The van der Waals surface area contributed by atoms with Gasteiger partial charge in [-0.2, -0.15) is 11.8 Å². The lowest BCUT2D eigenvalue weighted by Crippen LogP contribution is -2.42. The molecule has 1 rings (SSSR count). The maximum atomic E-state index is 12.1. The zero-order valence-electron chi connectivity index (χ0n) is 12.0. The van der Waals surface area contributed by atoms with Gasteiger partial charge >= 0.3 is 5.97 Å². The molecule has 1 heterocycles. The first kappa shape index (κ1) is 18.2. The van der Waals surface area contributed by atoms with Crippen molar-refractivity contribution >= 4 is 33.5 Å². The minimum absolute atomic E-state index is 0.0428. The summed E-state index contributed by atoms with van der Waals surface area (Å²) >= 11 is 1.33. The predicted molar refractivity (Wildman–Crippen MR) is 82.0 cm³/mol. The molecule has 3 N–H and O–H groups in total. The summed E-state index contributed by atoms with van der Waals surface area (Å²) in [5, 5.41) is 8.64. The van der Waals surface area contributed by atoms with Gasteiger partial charge in [-0.3, -0.25) is 9.59 Å². The number of hydrogen-bond acceptors (Lipinski definition) is 6. The van der Waals surface area contributed by atoms with Gasteiger partial charge in [0.15, 0.2) is 9.84 Å². The number of carbonyl (C=O) groups is 2. The number of rotatable bonds is 8. The molecule has 0 radical (unpaired) electrons. The third-order valence-corrected chi connectivity index (χ3v) is 6.15. The summed E-state index contributed by atoms with van der Waals surface area (Å²) in [5.74, 6) is -0.263. The van der Waals surface area contributed by atoms with Crippen LogP contribution in [-0.4, -0.2) is 71.9 Å². The SMILES string of the molecule is CCN(C(=O)CSCCC(N)C(=O)O)C1CCS(=O)(=O)C1. The average molecular weight is 338 g/mol. The fourth-order valence-electron chi connectivity index (χ4n) is 2.24. The molecule has 0 spiro atoms. The Balaban J connectivity index is 2.37. The van der Waals surface area contributed by atoms with Crippen molar-refractivity contribution in [2.75, 3.05) is 29.6 Å². The zero-order valence-corrected chi connectivity index (χ0v) is 13.7. The van der Waals surface area contributed by atoms with E-state index in [4.69, 9.17) is 10.8 Å². The Bertz CT molecular complexity index is 480. The van der Waals surface area contributed by atoms with Crippen molar-refractivity contribution in [1.29, 1.82) is 0 Å². The molecule has 1 saturated heterocycles. The lowest BCUT2D eigenvalue weighted by atomic mass is 10.2. The van der Waals surface area contributed by atoms with Gasteiger partial charge in [-0.1, -0.05) is 0 Å². The van der Waals surface area contributed by atoms with Crippen molar-refractivity contribution in [3.05, 3.63) is 0 Å². The molecule has 0 aromatic heterocycles. The van der Waals surface area contributed by atoms with Gasteiger partial charge < -0.3 is 15.7 Å². The summed E-state index contributed by atoms with van der Waals surface area (Å²) in [6.07, 6.45) is 0.799.